The highest BCUT2D eigenvalue weighted by molar-refractivity contribution is 5.25. The van der Waals surface area contributed by atoms with Crippen LogP contribution in [0.25, 0.3) is 0 Å². The molecule has 0 nitrogen and oxygen atoms in total. The Morgan fingerprint density at radius 1 is 1.00 bits per heavy atom. The molecule has 1 rings (SSSR count). The summed E-state index contributed by atoms with van der Waals surface area (Å²) in [6.45, 7) is 0.958. The summed E-state index contributed by atoms with van der Waals surface area (Å²) in [6.07, 6.45) is -0.931. The van der Waals surface area contributed by atoms with E-state index >= 15 is 0 Å². The maximum atomic E-state index is 12.9. The van der Waals surface area contributed by atoms with Gasteiger partial charge in [-0.3, -0.25) is 0 Å². The maximum Gasteiger partial charge on any atom is 0.278 e. The van der Waals surface area contributed by atoms with Gasteiger partial charge in [0.2, 0.25) is 0 Å². The van der Waals surface area contributed by atoms with E-state index in [1.807, 2.05) is 0 Å². The summed E-state index contributed by atoms with van der Waals surface area (Å²) < 4.78 is 76.4. The average molecular weight is 227 g/mol. The highest BCUT2D eigenvalue weighted by Crippen LogP contribution is 2.36. The fourth-order valence-electron chi connectivity index (χ4n) is 1.01. The normalized spacial score (nSPS) is 11.9. The van der Waals surface area contributed by atoms with Gasteiger partial charge in [-0.1, -0.05) is 6.92 Å². The molecule has 0 N–H and O–H groups in total. The quantitative estimate of drug-likeness (QED) is 0.411. The van der Waals surface area contributed by atoms with Crippen molar-refractivity contribution in [3.8, 4) is 0 Å². The predicted octanol–water partition coefficient (Wildman–Crippen LogP) is 3.54. The third kappa shape index (κ3) is 1.93. The third-order valence-electron chi connectivity index (χ3n) is 1.85. The first-order valence-electron chi connectivity index (χ1n) is 3.94. The lowest BCUT2D eigenvalue weighted by molar-refractivity contribution is -0.0163. The largest absolute Gasteiger partial charge is 0.278 e. The van der Waals surface area contributed by atoms with Gasteiger partial charge in [0, 0.05) is 6.42 Å². The maximum absolute atomic E-state index is 12.9. The van der Waals surface area contributed by atoms with Gasteiger partial charge in [0.25, 0.3) is 5.92 Å². The Morgan fingerprint density at radius 2 is 1.53 bits per heavy atom. The van der Waals surface area contributed by atoms with E-state index in [1.165, 1.54) is 0 Å². The molecule has 0 atom stereocenters. The van der Waals surface area contributed by atoms with E-state index in [0.29, 0.717) is 0 Å². The van der Waals surface area contributed by atoms with Gasteiger partial charge in [0.05, 0.1) is 11.6 Å². The minimum Gasteiger partial charge on any atom is -0.206 e. The fourth-order valence-corrected chi connectivity index (χ4v) is 1.01. The lowest BCUT2D eigenvalue weighted by atomic mass is 10.0. The number of halogens is 6. The molecule has 0 amide bonds. The highest BCUT2D eigenvalue weighted by Gasteiger charge is 2.38. The van der Waals surface area contributed by atoms with Gasteiger partial charge >= 0.3 is 0 Å². The Labute approximate surface area is 81.5 Å². The van der Waals surface area contributed by atoms with Crippen LogP contribution in [0, 0.1) is 29.3 Å². The highest BCUT2D eigenvalue weighted by atomic mass is 19.3. The van der Waals surface area contributed by atoms with Crippen molar-refractivity contribution in [3.05, 3.63) is 34.9 Å². The second kappa shape index (κ2) is 3.75. The van der Waals surface area contributed by atoms with Crippen molar-refractivity contribution < 1.29 is 26.3 Å². The van der Waals surface area contributed by atoms with Crippen LogP contribution in [-0.4, -0.2) is 0 Å². The van der Waals surface area contributed by atoms with Crippen LogP contribution in [0.2, 0.25) is 0 Å². The van der Waals surface area contributed by atoms with E-state index in [1.54, 1.807) is 0 Å². The number of rotatable bonds is 2. The van der Waals surface area contributed by atoms with Crippen molar-refractivity contribution in [3.63, 3.8) is 0 Å². The molecule has 0 aromatic heterocycles. The molecule has 0 saturated heterocycles. The summed E-state index contributed by atoms with van der Waals surface area (Å²) in [5, 5.41) is 0. The van der Waals surface area contributed by atoms with Crippen molar-refractivity contribution in [1.82, 2.24) is 0 Å². The Hall–Kier alpha value is -1.20. The van der Waals surface area contributed by atoms with Crippen LogP contribution in [0.3, 0.4) is 0 Å². The molecule has 0 spiro atoms. The molecule has 0 aliphatic heterocycles. The molecule has 1 radical (unpaired) electrons. The van der Waals surface area contributed by atoms with Crippen LogP contribution in [0.1, 0.15) is 18.9 Å². The van der Waals surface area contributed by atoms with Crippen LogP contribution in [-0.2, 0) is 5.92 Å². The SMILES string of the molecule is CCC(F)(F)c1c(F)[c]c(F)c(F)c1F. The van der Waals surface area contributed by atoms with Gasteiger partial charge in [0.1, 0.15) is 5.82 Å². The average Bonchev–Trinajstić information content (AvgIpc) is 2.14. The zero-order chi connectivity index (χ0) is 11.8. The molecule has 0 aliphatic carbocycles. The smallest absolute Gasteiger partial charge is 0.206 e. The molecule has 1 aromatic carbocycles. The molecular formula is C9H5F6. The molecule has 0 unspecified atom stereocenters. The van der Waals surface area contributed by atoms with Gasteiger partial charge in [0.15, 0.2) is 17.5 Å². The van der Waals surface area contributed by atoms with E-state index in [4.69, 9.17) is 0 Å². The molecule has 0 aliphatic rings. The van der Waals surface area contributed by atoms with Gasteiger partial charge in [-0.25, -0.2) is 26.3 Å². The van der Waals surface area contributed by atoms with Crippen LogP contribution in [0.15, 0.2) is 0 Å². The van der Waals surface area contributed by atoms with Gasteiger partial charge < -0.3 is 0 Å². The molecule has 1 aromatic rings. The summed E-state index contributed by atoms with van der Waals surface area (Å²) in [7, 11) is 0. The Morgan fingerprint density at radius 3 is 2.00 bits per heavy atom. The zero-order valence-electron chi connectivity index (χ0n) is 7.47. The van der Waals surface area contributed by atoms with E-state index in [9.17, 15) is 26.3 Å². The molecular weight excluding hydrogens is 222 g/mol. The summed E-state index contributed by atoms with van der Waals surface area (Å²) in [4.78, 5) is 0. The Balaban J connectivity index is 3.49. The standard InChI is InChI=1S/C9H5F6/c1-2-9(14,15)6-4(10)3-5(11)7(12)8(6)13/h2H2,1H3. The van der Waals surface area contributed by atoms with Crippen LogP contribution < -0.4 is 0 Å². The second-order valence-corrected chi connectivity index (χ2v) is 2.81. The summed E-state index contributed by atoms with van der Waals surface area (Å²) in [5.41, 5.74) is -1.79. The van der Waals surface area contributed by atoms with Crippen LogP contribution in [0.4, 0.5) is 26.3 Å². The van der Waals surface area contributed by atoms with Crippen molar-refractivity contribution in [2.24, 2.45) is 0 Å². The molecule has 0 bridgehead atoms. The second-order valence-electron chi connectivity index (χ2n) is 2.81. The summed E-state index contributed by atoms with van der Waals surface area (Å²) >= 11 is 0. The molecule has 15 heavy (non-hydrogen) atoms. The molecule has 0 saturated carbocycles. The first-order chi connectivity index (χ1) is 6.81. The first kappa shape index (κ1) is 11.9. The van der Waals surface area contributed by atoms with E-state index in [0.717, 1.165) is 13.0 Å². The monoisotopic (exact) mass is 227 g/mol. The van der Waals surface area contributed by atoms with Crippen molar-refractivity contribution in [1.29, 1.82) is 0 Å². The summed E-state index contributed by atoms with van der Waals surface area (Å²) in [6, 6.07) is 1.06. The third-order valence-corrected chi connectivity index (χ3v) is 1.85. The van der Waals surface area contributed by atoms with Crippen molar-refractivity contribution in [2.45, 2.75) is 19.3 Å². The minimum atomic E-state index is -3.89. The Kier molecular flexibility index (Phi) is 2.97. The number of alkyl halides is 2. The predicted molar refractivity (Wildman–Crippen MR) is 39.3 cm³/mol. The number of benzene rings is 1. The minimum absolute atomic E-state index is 0.931. The van der Waals surface area contributed by atoms with Gasteiger partial charge in [-0.15, -0.1) is 0 Å². The molecule has 83 valence electrons. The number of hydrogen-bond acceptors (Lipinski definition) is 0. The molecule has 0 heterocycles. The van der Waals surface area contributed by atoms with Gasteiger partial charge in [-0.2, -0.15) is 0 Å². The van der Waals surface area contributed by atoms with Gasteiger partial charge in [-0.05, 0) is 0 Å². The Bertz CT molecular complexity index is 385. The lowest BCUT2D eigenvalue weighted by Gasteiger charge is -2.16. The summed E-state index contributed by atoms with van der Waals surface area (Å²) in [5.74, 6) is -12.1. The van der Waals surface area contributed by atoms with Crippen LogP contribution >= 0.6 is 0 Å². The first-order valence-corrected chi connectivity index (χ1v) is 3.94. The van der Waals surface area contributed by atoms with Crippen molar-refractivity contribution in [2.75, 3.05) is 0 Å². The topological polar surface area (TPSA) is 0 Å². The van der Waals surface area contributed by atoms with E-state index in [2.05, 4.69) is 0 Å². The van der Waals surface area contributed by atoms with E-state index < -0.39 is 41.2 Å². The molecule has 0 fully saturated rings. The van der Waals surface area contributed by atoms with E-state index in [-0.39, 0.29) is 0 Å². The van der Waals surface area contributed by atoms with Crippen molar-refractivity contribution >= 4 is 0 Å². The molecule has 6 heteroatoms. The number of hydrogen-bond donors (Lipinski definition) is 0. The van der Waals surface area contributed by atoms with Crippen LogP contribution in [0.5, 0.6) is 0 Å². The lowest BCUT2D eigenvalue weighted by Crippen LogP contribution is -2.18. The zero-order valence-corrected chi connectivity index (χ0v) is 7.47. The fraction of sp³-hybridized carbons (Fsp3) is 0.333.